The summed E-state index contributed by atoms with van der Waals surface area (Å²) in [5, 5.41) is 22.8. The summed E-state index contributed by atoms with van der Waals surface area (Å²) in [6.07, 6.45) is 3.74. The molecule has 67 heavy (non-hydrogen) atoms. The molecule has 0 amide bonds. The minimum absolute atomic E-state index is 0.0129. The second-order valence-electron chi connectivity index (χ2n) is 14.0. The second-order valence-corrected chi connectivity index (χ2v) is 14.0. The summed E-state index contributed by atoms with van der Waals surface area (Å²) < 4.78 is 14.4. The number of aliphatic carboxylic acids is 1. The number of carbonyl (C=O) groups excluding carboxylic acids is 2. The Hall–Kier alpha value is -8.24. The van der Waals surface area contributed by atoms with Gasteiger partial charge in [-0.1, -0.05) is 18.2 Å². The van der Waals surface area contributed by atoms with Crippen molar-refractivity contribution in [3.05, 3.63) is 117 Å². The molecule has 1 aliphatic heterocycles. The number of carboxylic acids is 1. The molecule has 0 unspecified atom stereocenters. The van der Waals surface area contributed by atoms with Crippen molar-refractivity contribution < 1.29 is 33.9 Å². The smallest absolute Gasteiger partial charge is 0.336 e. The van der Waals surface area contributed by atoms with Crippen LogP contribution in [0.5, 0.6) is 0 Å². The van der Waals surface area contributed by atoms with Crippen molar-refractivity contribution in [2.45, 2.75) is 38.6 Å². The number of nitro benzene ring substituents is 1. The molecule has 6 rings (SSSR count). The number of ether oxygens (including phenoxy) is 2. The number of imidazole rings is 2. The first-order valence-electron chi connectivity index (χ1n) is 19.7. The number of benzene rings is 1. The normalized spacial score (nSPS) is 12.4. The minimum atomic E-state index is -1.00. The van der Waals surface area contributed by atoms with Gasteiger partial charge in [-0.25, -0.2) is 29.1 Å². The van der Waals surface area contributed by atoms with Crippen LogP contribution in [0.25, 0.3) is 22.3 Å². The molecule has 0 aliphatic carbocycles. The number of carbonyl (C=O) groups is 3. The van der Waals surface area contributed by atoms with Crippen molar-refractivity contribution in [2.24, 2.45) is 61.9 Å². The van der Waals surface area contributed by atoms with Gasteiger partial charge in [-0.05, 0) is 26.7 Å². The van der Waals surface area contributed by atoms with Crippen LogP contribution in [-0.4, -0.2) is 112 Å². The number of dihydropyridines is 1. The number of aromatic nitrogens is 8. The lowest BCUT2D eigenvalue weighted by Crippen LogP contribution is -2.36. The number of hydrogen-bond acceptors (Lipinski definition) is 18. The van der Waals surface area contributed by atoms with Crippen LogP contribution in [0.2, 0.25) is 0 Å². The maximum Gasteiger partial charge on any atom is 0.336 e. The highest BCUT2D eigenvalue weighted by Crippen LogP contribution is 2.42. The highest BCUT2D eigenvalue weighted by Gasteiger charge is 2.40. The fourth-order valence-electron chi connectivity index (χ4n) is 6.14. The van der Waals surface area contributed by atoms with E-state index in [1.807, 2.05) is 0 Å². The third-order valence-corrected chi connectivity index (χ3v) is 9.53. The number of esters is 2. The van der Waals surface area contributed by atoms with Crippen molar-refractivity contribution in [3.8, 4) is 0 Å². The average Bonchev–Trinajstić information content (AvgIpc) is 4.02. The number of hydrogen-bond donors (Lipinski definition) is 9. The van der Waals surface area contributed by atoms with Gasteiger partial charge in [0.1, 0.15) is 17.1 Å². The molecule has 0 saturated heterocycles. The van der Waals surface area contributed by atoms with Gasteiger partial charge in [0.15, 0.2) is 17.3 Å². The maximum absolute atomic E-state index is 12.3. The molecule has 1 aliphatic rings. The summed E-state index contributed by atoms with van der Waals surface area (Å²) in [7, 11) is 8.44. The first kappa shape index (κ1) is 54.9. The molecule has 1 atom stereocenters. The first-order valence-corrected chi connectivity index (χ1v) is 19.7. The SMILES string of the molecule is COC(=O)C1=C(C)NC(C)=C(C(=O)OC)C1c1ccccc1[N+](=O)[O-].Cn1c(=O)c2[nH]cnc2n(C)c1=O.Cn1c(=O)c2[nH]cnc2n(C)c1=O.NC(N)=NCCC[C@H](N)C(=O)O.NCCN. The van der Waals surface area contributed by atoms with E-state index >= 15 is 0 Å². The van der Waals surface area contributed by atoms with Crippen LogP contribution in [0.4, 0.5) is 5.69 Å². The molecule has 28 nitrogen and oxygen atoms in total. The number of fused-ring (bicyclic) bond motifs is 2. The zero-order valence-electron chi connectivity index (χ0n) is 38.1. The monoisotopic (exact) mass is 940 g/mol. The molecule has 14 N–H and O–H groups in total. The van der Waals surface area contributed by atoms with Gasteiger partial charge in [0.05, 0.1) is 48.9 Å². The van der Waals surface area contributed by atoms with Crippen molar-refractivity contribution in [1.29, 1.82) is 0 Å². The highest BCUT2D eigenvalue weighted by molar-refractivity contribution is 6.00. The van der Waals surface area contributed by atoms with E-state index in [-0.39, 0.29) is 50.9 Å². The summed E-state index contributed by atoms with van der Waals surface area (Å²) in [5.41, 5.74) is 26.3. The number of aromatic amines is 2. The summed E-state index contributed by atoms with van der Waals surface area (Å²) in [5.74, 6) is -3.31. The van der Waals surface area contributed by atoms with E-state index in [4.69, 9.17) is 43.2 Å². The fourth-order valence-corrected chi connectivity index (χ4v) is 6.14. The molecule has 0 fully saturated rings. The number of guanidine groups is 1. The Balaban J connectivity index is 0.000000314. The van der Waals surface area contributed by atoms with Crippen LogP contribution in [0, 0.1) is 10.1 Å². The van der Waals surface area contributed by atoms with Crippen molar-refractivity contribution >= 4 is 51.9 Å². The van der Waals surface area contributed by atoms with Crippen LogP contribution in [-0.2, 0) is 52.0 Å². The molecule has 4 aromatic heterocycles. The number of nitrogens with one attached hydrogen (secondary N) is 3. The number of aliphatic imine (C=N–C) groups is 1. The Kier molecular flexibility index (Phi) is 20.7. The largest absolute Gasteiger partial charge is 0.480 e. The highest BCUT2D eigenvalue weighted by atomic mass is 16.6. The topological polar surface area (TPSA) is 433 Å². The van der Waals surface area contributed by atoms with Gasteiger partial charge in [0, 0.05) is 70.8 Å². The summed E-state index contributed by atoms with van der Waals surface area (Å²) in [6.45, 7) is 4.90. The van der Waals surface area contributed by atoms with Crippen LogP contribution in [0.15, 0.2) is 83.6 Å². The molecular formula is C39H56N16O12. The fraction of sp³-hybridized carbons (Fsp3) is 0.385. The Morgan fingerprint density at radius 3 is 1.63 bits per heavy atom. The Morgan fingerprint density at radius 2 is 1.25 bits per heavy atom. The average molecular weight is 941 g/mol. The van der Waals surface area contributed by atoms with Crippen LogP contribution in [0.3, 0.4) is 0 Å². The third kappa shape index (κ3) is 13.6. The zero-order chi connectivity index (χ0) is 50.9. The van der Waals surface area contributed by atoms with Gasteiger partial charge < -0.3 is 58.5 Å². The number of rotatable bonds is 10. The minimum Gasteiger partial charge on any atom is -0.480 e. The molecule has 5 heterocycles. The van der Waals surface area contributed by atoms with E-state index in [0.29, 0.717) is 66.2 Å². The number of carboxylic acid groups (broad SMARTS) is 1. The number of allylic oxidation sites excluding steroid dienone is 2. The molecule has 1 aromatic carbocycles. The lowest BCUT2D eigenvalue weighted by Gasteiger charge is -2.29. The van der Waals surface area contributed by atoms with Crippen molar-refractivity contribution in [2.75, 3.05) is 33.9 Å². The summed E-state index contributed by atoms with van der Waals surface area (Å²) in [6, 6.07) is 5.15. The third-order valence-electron chi connectivity index (χ3n) is 9.53. The Morgan fingerprint density at radius 1 is 0.821 bits per heavy atom. The molecule has 0 saturated carbocycles. The number of H-pyrrole nitrogens is 2. The Bertz CT molecular complexity index is 2770. The van der Waals surface area contributed by atoms with E-state index in [2.05, 4.69) is 30.2 Å². The van der Waals surface area contributed by atoms with E-state index in [0.717, 1.165) is 9.13 Å². The van der Waals surface area contributed by atoms with Crippen LogP contribution >= 0.6 is 0 Å². The molecule has 0 spiro atoms. The number of nitrogens with zero attached hydrogens (tertiary/aromatic N) is 8. The number of nitrogens with two attached hydrogens (primary N) is 5. The van der Waals surface area contributed by atoms with Crippen LogP contribution in [0.1, 0.15) is 38.2 Å². The van der Waals surface area contributed by atoms with Crippen LogP contribution < -0.4 is 56.5 Å². The number of methoxy groups -OCH3 is 2. The van der Waals surface area contributed by atoms with Gasteiger partial charge in [-0.15, -0.1) is 0 Å². The quantitative estimate of drug-likeness (QED) is 0.0174. The van der Waals surface area contributed by atoms with Gasteiger partial charge in [-0.3, -0.25) is 47.8 Å². The number of aryl methyl sites for hydroxylation is 2. The van der Waals surface area contributed by atoms with E-state index in [1.54, 1.807) is 34.0 Å². The predicted molar refractivity (Wildman–Crippen MR) is 245 cm³/mol. The van der Waals surface area contributed by atoms with Gasteiger partial charge in [0.2, 0.25) is 0 Å². The van der Waals surface area contributed by atoms with E-state index in [1.165, 1.54) is 68.3 Å². The first-order chi connectivity index (χ1) is 31.5. The van der Waals surface area contributed by atoms with Gasteiger partial charge >= 0.3 is 29.3 Å². The van der Waals surface area contributed by atoms with Crippen molar-refractivity contribution in [3.63, 3.8) is 0 Å². The molecule has 5 aromatic rings. The second kappa shape index (κ2) is 25.3. The zero-order valence-corrected chi connectivity index (χ0v) is 38.1. The molecular weight excluding hydrogens is 885 g/mol. The number of para-hydroxylation sites is 1. The van der Waals surface area contributed by atoms with Gasteiger partial charge in [0.25, 0.3) is 16.8 Å². The molecule has 364 valence electrons. The van der Waals surface area contributed by atoms with Gasteiger partial charge in [-0.2, -0.15) is 0 Å². The predicted octanol–water partition coefficient (Wildman–Crippen LogP) is -2.55. The number of nitro groups is 1. The molecule has 0 radical (unpaired) electrons. The summed E-state index contributed by atoms with van der Waals surface area (Å²) in [4.78, 5) is 108. The van der Waals surface area contributed by atoms with E-state index in [9.17, 15) is 43.7 Å². The Labute approximate surface area is 379 Å². The maximum atomic E-state index is 12.3. The van der Waals surface area contributed by atoms with E-state index < -0.39 is 34.8 Å². The lowest BCUT2D eigenvalue weighted by atomic mass is 9.79. The lowest BCUT2D eigenvalue weighted by molar-refractivity contribution is -0.385. The standard InChI is InChI=1S/C17H18N2O6.2C7H8N4O2.C6H14N4O2.C2H8N2/c1-9-13(16(20)24-3)15(14(10(2)18-9)17(21)25-4)11-7-5-6-8-12(11)19(22)23;2*1-10-5-4(8-3-9-5)6(12)11(2)7(10)13;7-4(5(11)12)2-1-3-10-6(8)9;3-1-2-4/h5-8,15,18H,1-4H3;2*3H,1-2H3,(H,8,9);4H,1-3,7H2,(H,11,12)(H4,8,9,10);1-4H2/t;;;4-;/m...0./s1. The summed E-state index contributed by atoms with van der Waals surface area (Å²) >= 11 is 0. The molecule has 0 bridgehead atoms. The van der Waals surface area contributed by atoms with Crippen molar-refractivity contribution in [1.82, 2.24) is 43.5 Å². The molecule has 28 heteroatoms.